The molecule has 5 nitrogen and oxygen atoms in total. The van der Waals surface area contributed by atoms with Crippen LogP contribution in [-0.2, 0) is 4.74 Å². The SMILES string of the molecule is CCNC(=NCC1CCOc2ccccc21)NC1CC2CCC1O2. The topological polar surface area (TPSA) is 54.9 Å². The quantitative estimate of drug-likeness (QED) is 0.658. The van der Waals surface area contributed by atoms with E-state index in [0.29, 0.717) is 24.2 Å². The van der Waals surface area contributed by atoms with Gasteiger partial charge in [0.15, 0.2) is 5.96 Å². The van der Waals surface area contributed by atoms with Crippen molar-refractivity contribution in [2.45, 2.75) is 56.8 Å². The highest BCUT2D eigenvalue weighted by atomic mass is 16.5. The number of nitrogens with zero attached hydrogens (tertiary/aromatic N) is 1. The monoisotopic (exact) mass is 329 g/mol. The molecular weight excluding hydrogens is 302 g/mol. The van der Waals surface area contributed by atoms with Gasteiger partial charge in [-0.1, -0.05) is 18.2 Å². The van der Waals surface area contributed by atoms with Crippen molar-refractivity contribution in [3.8, 4) is 5.75 Å². The highest BCUT2D eigenvalue weighted by molar-refractivity contribution is 5.80. The molecule has 5 heteroatoms. The van der Waals surface area contributed by atoms with Gasteiger partial charge in [0, 0.05) is 19.0 Å². The number of fused-ring (bicyclic) bond motifs is 3. The van der Waals surface area contributed by atoms with E-state index in [9.17, 15) is 0 Å². The normalized spacial score (nSPS) is 31.5. The van der Waals surface area contributed by atoms with Crippen LogP contribution in [-0.4, -0.2) is 43.9 Å². The van der Waals surface area contributed by atoms with Crippen LogP contribution in [0.5, 0.6) is 5.75 Å². The molecule has 4 atom stereocenters. The van der Waals surface area contributed by atoms with Gasteiger partial charge in [0.1, 0.15) is 5.75 Å². The van der Waals surface area contributed by atoms with E-state index < -0.39 is 0 Å². The maximum Gasteiger partial charge on any atom is 0.191 e. The van der Waals surface area contributed by atoms with Crippen molar-refractivity contribution in [3.63, 3.8) is 0 Å². The minimum absolute atomic E-state index is 0.364. The zero-order chi connectivity index (χ0) is 16.4. The second-order valence-corrected chi connectivity index (χ2v) is 6.95. The van der Waals surface area contributed by atoms with Crippen LogP contribution >= 0.6 is 0 Å². The van der Waals surface area contributed by atoms with Gasteiger partial charge in [0.2, 0.25) is 0 Å². The molecule has 3 heterocycles. The largest absolute Gasteiger partial charge is 0.493 e. The molecule has 2 fully saturated rings. The third-order valence-corrected chi connectivity index (χ3v) is 5.32. The summed E-state index contributed by atoms with van der Waals surface area (Å²) in [6.45, 7) is 4.55. The molecule has 3 aliphatic rings. The molecule has 3 aliphatic heterocycles. The minimum atomic E-state index is 0.364. The molecule has 0 spiro atoms. The fourth-order valence-electron chi connectivity index (χ4n) is 4.09. The molecule has 0 saturated carbocycles. The Morgan fingerprint density at radius 1 is 1.25 bits per heavy atom. The Bertz CT molecular complexity index is 604. The number of para-hydroxylation sites is 1. The first-order valence-electron chi connectivity index (χ1n) is 9.25. The molecule has 2 bridgehead atoms. The first-order valence-corrected chi connectivity index (χ1v) is 9.25. The third kappa shape index (κ3) is 3.22. The number of ether oxygens (including phenoxy) is 2. The summed E-state index contributed by atoms with van der Waals surface area (Å²) < 4.78 is 11.7. The lowest BCUT2D eigenvalue weighted by Gasteiger charge is -2.26. The van der Waals surface area contributed by atoms with Crippen LogP contribution in [0.25, 0.3) is 0 Å². The Morgan fingerprint density at radius 3 is 2.96 bits per heavy atom. The van der Waals surface area contributed by atoms with Crippen LogP contribution in [0.4, 0.5) is 0 Å². The molecule has 130 valence electrons. The first-order chi connectivity index (χ1) is 11.8. The summed E-state index contributed by atoms with van der Waals surface area (Å²) in [5, 5.41) is 6.98. The average Bonchev–Trinajstić information content (AvgIpc) is 3.23. The number of hydrogen-bond acceptors (Lipinski definition) is 3. The van der Waals surface area contributed by atoms with Gasteiger partial charge in [-0.15, -0.1) is 0 Å². The maximum atomic E-state index is 5.94. The van der Waals surface area contributed by atoms with E-state index in [0.717, 1.165) is 44.2 Å². The lowest BCUT2D eigenvalue weighted by Crippen LogP contribution is -2.47. The summed E-state index contributed by atoms with van der Waals surface area (Å²) in [4.78, 5) is 4.87. The van der Waals surface area contributed by atoms with Crippen LogP contribution in [0, 0.1) is 0 Å². The minimum Gasteiger partial charge on any atom is -0.493 e. The Kier molecular flexibility index (Phi) is 4.60. The van der Waals surface area contributed by atoms with Crippen molar-refractivity contribution >= 4 is 5.96 Å². The van der Waals surface area contributed by atoms with Crippen molar-refractivity contribution in [2.75, 3.05) is 19.7 Å². The third-order valence-electron chi connectivity index (χ3n) is 5.32. The highest BCUT2D eigenvalue weighted by Gasteiger charge is 2.41. The number of benzene rings is 1. The molecule has 4 unspecified atom stereocenters. The van der Waals surface area contributed by atoms with Crippen LogP contribution in [0.1, 0.15) is 44.1 Å². The van der Waals surface area contributed by atoms with Gasteiger partial charge in [0.05, 0.1) is 24.9 Å². The van der Waals surface area contributed by atoms with Gasteiger partial charge < -0.3 is 20.1 Å². The molecule has 2 N–H and O–H groups in total. The van der Waals surface area contributed by atoms with Crippen molar-refractivity contribution in [1.29, 1.82) is 0 Å². The van der Waals surface area contributed by atoms with Gasteiger partial charge in [-0.25, -0.2) is 0 Å². The van der Waals surface area contributed by atoms with E-state index in [-0.39, 0.29) is 0 Å². The zero-order valence-corrected chi connectivity index (χ0v) is 14.3. The molecule has 2 saturated heterocycles. The summed E-state index contributed by atoms with van der Waals surface area (Å²) >= 11 is 0. The fraction of sp³-hybridized carbons (Fsp3) is 0.632. The Balaban J connectivity index is 1.42. The van der Waals surface area contributed by atoms with Gasteiger partial charge >= 0.3 is 0 Å². The molecule has 0 aliphatic carbocycles. The van der Waals surface area contributed by atoms with E-state index in [1.165, 1.54) is 18.4 Å². The summed E-state index contributed by atoms with van der Waals surface area (Å²) in [7, 11) is 0. The van der Waals surface area contributed by atoms with E-state index in [2.05, 4.69) is 35.8 Å². The van der Waals surface area contributed by atoms with Crippen molar-refractivity contribution < 1.29 is 9.47 Å². The maximum absolute atomic E-state index is 5.94. The zero-order valence-electron chi connectivity index (χ0n) is 14.3. The Morgan fingerprint density at radius 2 is 2.17 bits per heavy atom. The van der Waals surface area contributed by atoms with E-state index >= 15 is 0 Å². The number of aliphatic imine (C=N–C) groups is 1. The summed E-state index contributed by atoms with van der Waals surface area (Å²) in [6, 6.07) is 8.74. The van der Waals surface area contributed by atoms with Gasteiger partial charge in [-0.3, -0.25) is 4.99 Å². The number of rotatable bonds is 4. The molecule has 0 aromatic heterocycles. The lowest BCUT2D eigenvalue weighted by molar-refractivity contribution is 0.0992. The van der Waals surface area contributed by atoms with Crippen molar-refractivity contribution in [1.82, 2.24) is 10.6 Å². The second kappa shape index (κ2) is 7.01. The van der Waals surface area contributed by atoms with Crippen LogP contribution in [0.3, 0.4) is 0 Å². The second-order valence-electron chi connectivity index (χ2n) is 6.95. The Labute approximate surface area is 143 Å². The van der Waals surface area contributed by atoms with E-state index in [4.69, 9.17) is 14.5 Å². The molecule has 1 aromatic rings. The van der Waals surface area contributed by atoms with Gasteiger partial charge in [0.25, 0.3) is 0 Å². The van der Waals surface area contributed by atoms with Gasteiger partial charge in [-0.2, -0.15) is 0 Å². The van der Waals surface area contributed by atoms with Crippen molar-refractivity contribution in [3.05, 3.63) is 29.8 Å². The van der Waals surface area contributed by atoms with E-state index in [1.807, 2.05) is 6.07 Å². The smallest absolute Gasteiger partial charge is 0.191 e. The average molecular weight is 329 g/mol. The standard InChI is InChI=1S/C19H27N3O2/c1-2-20-19(22-16-11-14-7-8-18(16)24-14)21-12-13-9-10-23-17-6-4-3-5-15(13)17/h3-6,13-14,16,18H,2,7-12H2,1H3,(H2,20,21,22). The molecule has 0 radical (unpaired) electrons. The number of guanidine groups is 1. The fourth-order valence-corrected chi connectivity index (χ4v) is 4.09. The molecule has 1 aromatic carbocycles. The van der Waals surface area contributed by atoms with Crippen molar-refractivity contribution in [2.24, 2.45) is 4.99 Å². The molecular formula is C19H27N3O2. The van der Waals surface area contributed by atoms with Crippen LogP contribution in [0.2, 0.25) is 0 Å². The van der Waals surface area contributed by atoms with Crippen LogP contribution in [0.15, 0.2) is 29.3 Å². The lowest BCUT2D eigenvalue weighted by atomic mass is 9.93. The van der Waals surface area contributed by atoms with E-state index in [1.54, 1.807) is 0 Å². The predicted molar refractivity (Wildman–Crippen MR) is 94.7 cm³/mol. The molecule has 0 amide bonds. The number of nitrogens with one attached hydrogen (secondary N) is 2. The van der Waals surface area contributed by atoms with Gasteiger partial charge in [-0.05, 0) is 44.2 Å². The highest BCUT2D eigenvalue weighted by Crippen LogP contribution is 2.35. The first kappa shape index (κ1) is 15.8. The van der Waals surface area contributed by atoms with Crippen LogP contribution < -0.4 is 15.4 Å². The number of hydrogen-bond donors (Lipinski definition) is 2. The summed E-state index contributed by atoms with van der Waals surface area (Å²) in [5.41, 5.74) is 1.28. The molecule has 4 rings (SSSR count). The molecule has 24 heavy (non-hydrogen) atoms. The summed E-state index contributed by atoms with van der Waals surface area (Å²) in [6.07, 6.45) is 5.34. The predicted octanol–water partition coefficient (Wildman–Crippen LogP) is 2.43. The summed E-state index contributed by atoms with van der Waals surface area (Å²) in [5.74, 6) is 2.37. The Hall–Kier alpha value is -1.75.